The normalized spacial score (nSPS) is 10.8. The molecule has 0 radical (unpaired) electrons. The Bertz CT molecular complexity index is 681. The fraction of sp³-hybridized carbons (Fsp3) is 0.400. The topological polar surface area (TPSA) is 75.3 Å². The van der Waals surface area contributed by atoms with E-state index in [9.17, 15) is 9.59 Å². The second kappa shape index (κ2) is 6.99. The molecule has 6 nitrogen and oxygen atoms in total. The van der Waals surface area contributed by atoms with Gasteiger partial charge in [0.1, 0.15) is 0 Å². The Morgan fingerprint density at radius 1 is 1.29 bits per heavy atom. The van der Waals surface area contributed by atoms with E-state index in [1.54, 1.807) is 29.2 Å². The minimum atomic E-state index is -0.292. The number of likely N-dealkylation sites (N-methyl/N-ethyl adjacent to an activating group) is 1. The highest BCUT2D eigenvalue weighted by Gasteiger charge is 2.19. The van der Waals surface area contributed by atoms with Crippen molar-refractivity contribution in [2.75, 3.05) is 26.3 Å². The molecular weight excluding hydrogens is 270 g/mol. The van der Waals surface area contributed by atoms with Gasteiger partial charge >= 0.3 is 0 Å². The van der Waals surface area contributed by atoms with Crippen LogP contribution in [0, 0.1) is 0 Å². The van der Waals surface area contributed by atoms with Crippen LogP contribution in [0.4, 0.5) is 0 Å². The highest BCUT2D eigenvalue weighted by atomic mass is 16.5. The lowest BCUT2D eigenvalue weighted by atomic mass is 10.1. The molecule has 2 aromatic rings. The SMILES string of the molecule is CCOCCN(CC)C(=O)c1n[nH]c(=O)c2ccccc12. The summed E-state index contributed by atoms with van der Waals surface area (Å²) in [5.74, 6) is -0.204. The summed E-state index contributed by atoms with van der Waals surface area (Å²) in [5, 5.41) is 7.36. The summed E-state index contributed by atoms with van der Waals surface area (Å²) in [5.41, 5.74) is -0.0249. The van der Waals surface area contributed by atoms with Crippen LogP contribution in [0.25, 0.3) is 10.8 Å². The first kappa shape index (κ1) is 15.2. The minimum absolute atomic E-state index is 0.204. The number of aromatic amines is 1. The molecule has 6 heteroatoms. The van der Waals surface area contributed by atoms with Crippen molar-refractivity contribution in [1.29, 1.82) is 0 Å². The van der Waals surface area contributed by atoms with E-state index in [-0.39, 0.29) is 17.2 Å². The molecule has 0 aliphatic rings. The molecule has 112 valence electrons. The molecule has 1 heterocycles. The van der Waals surface area contributed by atoms with Crippen LogP contribution in [0.5, 0.6) is 0 Å². The van der Waals surface area contributed by atoms with Crippen molar-refractivity contribution in [3.8, 4) is 0 Å². The predicted octanol–water partition coefficient (Wildman–Crippen LogP) is 1.42. The first-order valence-electron chi connectivity index (χ1n) is 7.03. The standard InChI is InChI=1S/C15H19N3O3/c1-3-18(9-10-21-4-2)15(20)13-11-7-5-6-8-12(11)14(19)17-16-13/h5-8H,3-4,9-10H2,1-2H3,(H,17,19). The Morgan fingerprint density at radius 3 is 2.67 bits per heavy atom. The Kier molecular flexibility index (Phi) is 5.05. The summed E-state index contributed by atoms with van der Waals surface area (Å²) in [6.07, 6.45) is 0. The summed E-state index contributed by atoms with van der Waals surface area (Å²) >= 11 is 0. The molecule has 0 aliphatic heterocycles. The van der Waals surface area contributed by atoms with Crippen molar-refractivity contribution in [2.24, 2.45) is 0 Å². The number of benzene rings is 1. The van der Waals surface area contributed by atoms with Crippen molar-refractivity contribution < 1.29 is 9.53 Å². The average molecular weight is 289 g/mol. The number of rotatable bonds is 6. The van der Waals surface area contributed by atoms with Crippen LogP contribution in [0.3, 0.4) is 0 Å². The van der Waals surface area contributed by atoms with Crippen LogP contribution in [0.1, 0.15) is 24.3 Å². The Balaban J connectivity index is 2.34. The average Bonchev–Trinajstić information content (AvgIpc) is 2.52. The maximum absolute atomic E-state index is 12.6. The van der Waals surface area contributed by atoms with Crippen LogP contribution in [-0.2, 0) is 4.74 Å². The molecule has 1 aromatic heterocycles. The van der Waals surface area contributed by atoms with Crippen molar-refractivity contribution >= 4 is 16.7 Å². The number of nitrogens with zero attached hydrogens (tertiary/aromatic N) is 2. The monoisotopic (exact) mass is 289 g/mol. The molecule has 1 N–H and O–H groups in total. The van der Waals surface area contributed by atoms with Crippen molar-refractivity contribution in [2.45, 2.75) is 13.8 Å². The summed E-state index contributed by atoms with van der Waals surface area (Å²) in [7, 11) is 0. The number of H-pyrrole nitrogens is 1. The lowest BCUT2D eigenvalue weighted by Gasteiger charge is -2.20. The first-order chi connectivity index (χ1) is 10.2. The third kappa shape index (κ3) is 3.28. The summed E-state index contributed by atoms with van der Waals surface area (Å²) < 4.78 is 5.29. The van der Waals surface area contributed by atoms with Gasteiger partial charge in [-0.25, -0.2) is 5.10 Å². The van der Waals surface area contributed by atoms with Crippen molar-refractivity contribution in [3.63, 3.8) is 0 Å². The summed E-state index contributed by atoms with van der Waals surface area (Å²) in [6.45, 7) is 5.97. The number of ether oxygens (including phenoxy) is 1. The maximum Gasteiger partial charge on any atom is 0.275 e. The Labute approximate surface area is 122 Å². The zero-order chi connectivity index (χ0) is 15.2. The molecule has 0 unspecified atom stereocenters. The van der Waals surface area contributed by atoms with E-state index in [4.69, 9.17) is 4.74 Å². The van der Waals surface area contributed by atoms with Gasteiger partial charge in [0, 0.05) is 25.1 Å². The number of hydrogen-bond acceptors (Lipinski definition) is 4. The maximum atomic E-state index is 12.6. The van der Waals surface area contributed by atoms with Gasteiger partial charge in [0.15, 0.2) is 5.69 Å². The minimum Gasteiger partial charge on any atom is -0.380 e. The van der Waals surface area contributed by atoms with Crippen molar-refractivity contribution in [1.82, 2.24) is 15.1 Å². The van der Waals surface area contributed by atoms with Gasteiger partial charge in [0.2, 0.25) is 0 Å². The fourth-order valence-electron chi connectivity index (χ4n) is 2.15. The molecule has 0 saturated heterocycles. The molecule has 0 atom stereocenters. The number of carbonyl (C=O) groups excluding carboxylic acids is 1. The number of carbonyl (C=O) groups is 1. The van der Waals surface area contributed by atoms with Crippen molar-refractivity contribution in [3.05, 3.63) is 40.3 Å². The van der Waals surface area contributed by atoms with Crippen LogP contribution < -0.4 is 5.56 Å². The smallest absolute Gasteiger partial charge is 0.275 e. The second-order valence-electron chi connectivity index (χ2n) is 4.53. The summed E-state index contributed by atoms with van der Waals surface area (Å²) in [4.78, 5) is 26.0. The molecule has 0 spiro atoms. The Hall–Kier alpha value is -2.21. The largest absolute Gasteiger partial charge is 0.380 e. The van der Waals surface area contributed by atoms with E-state index >= 15 is 0 Å². The van der Waals surface area contributed by atoms with Gasteiger partial charge in [-0.2, -0.15) is 5.10 Å². The van der Waals surface area contributed by atoms with Gasteiger partial charge in [0.05, 0.1) is 12.0 Å². The number of aromatic nitrogens is 2. The molecule has 0 fully saturated rings. The lowest BCUT2D eigenvalue weighted by molar-refractivity contribution is 0.0664. The van der Waals surface area contributed by atoms with E-state index in [2.05, 4.69) is 10.2 Å². The van der Waals surface area contributed by atoms with Gasteiger partial charge in [-0.3, -0.25) is 9.59 Å². The third-order valence-electron chi connectivity index (χ3n) is 3.28. The molecular formula is C15H19N3O3. The van der Waals surface area contributed by atoms with Crippen LogP contribution in [0.2, 0.25) is 0 Å². The zero-order valence-corrected chi connectivity index (χ0v) is 12.3. The van der Waals surface area contributed by atoms with E-state index in [0.717, 1.165) is 0 Å². The zero-order valence-electron chi connectivity index (χ0n) is 12.3. The predicted molar refractivity (Wildman–Crippen MR) is 80.4 cm³/mol. The second-order valence-corrected chi connectivity index (χ2v) is 4.53. The molecule has 0 saturated carbocycles. The number of amides is 1. The number of nitrogens with one attached hydrogen (secondary N) is 1. The number of hydrogen-bond donors (Lipinski definition) is 1. The van der Waals surface area contributed by atoms with Gasteiger partial charge in [-0.1, -0.05) is 18.2 Å². The number of fused-ring (bicyclic) bond motifs is 1. The third-order valence-corrected chi connectivity index (χ3v) is 3.28. The van der Waals surface area contributed by atoms with Crippen LogP contribution in [0.15, 0.2) is 29.1 Å². The van der Waals surface area contributed by atoms with Crippen LogP contribution >= 0.6 is 0 Å². The van der Waals surface area contributed by atoms with E-state index in [0.29, 0.717) is 37.1 Å². The molecule has 2 rings (SSSR count). The highest BCUT2D eigenvalue weighted by molar-refractivity contribution is 6.04. The van der Waals surface area contributed by atoms with Crippen LogP contribution in [-0.4, -0.2) is 47.3 Å². The van der Waals surface area contributed by atoms with E-state index in [1.807, 2.05) is 13.8 Å². The van der Waals surface area contributed by atoms with E-state index in [1.165, 1.54) is 0 Å². The molecule has 0 bridgehead atoms. The fourth-order valence-corrected chi connectivity index (χ4v) is 2.15. The highest BCUT2D eigenvalue weighted by Crippen LogP contribution is 2.14. The molecule has 1 aromatic carbocycles. The summed E-state index contributed by atoms with van der Waals surface area (Å²) in [6, 6.07) is 6.97. The molecule has 21 heavy (non-hydrogen) atoms. The first-order valence-corrected chi connectivity index (χ1v) is 7.03. The van der Waals surface area contributed by atoms with E-state index < -0.39 is 0 Å². The molecule has 1 amide bonds. The van der Waals surface area contributed by atoms with Gasteiger partial charge < -0.3 is 9.64 Å². The van der Waals surface area contributed by atoms with Gasteiger partial charge in [-0.05, 0) is 19.9 Å². The van der Waals surface area contributed by atoms with Gasteiger partial charge in [-0.15, -0.1) is 0 Å². The lowest BCUT2D eigenvalue weighted by Crippen LogP contribution is -2.35. The quantitative estimate of drug-likeness (QED) is 0.816. The Morgan fingerprint density at radius 2 is 2.00 bits per heavy atom. The molecule has 0 aliphatic carbocycles. The van der Waals surface area contributed by atoms with Gasteiger partial charge in [0.25, 0.3) is 11.5 Å².